The highest BCUT2D eigenvalue weighted by Gasteiger charge is 2.39. The van der Waals surface area contributed by atoms with Crippen molar-refractivity contribution in [1.82, 2.24) is 4.98 Å². The summed E-state index contributed by atoms with van der Waals surface area (Å²) in [7, 11) is 2.74. The van der Waals surface area contributed by atoms with Crippen molar-refractivity contribution in [2.45, 2.75) is 45.3 Å². The van der Waals surface area contributed by atoms with E-state index in [4.69, 9.17) is 18.9 Å². The van der Waals surface area contributed by atoms with Gasteiger partial charge in [-0.3, -0.25) is 4.79 Å². The molecule has 2 aromatic carbocycles. The van der Waals surface area contributed by atoms with Crippen molar-refractivity contribution in [2.24, 2.45) is 5.41 Å². The molecule has 3 aromatic rings. The number of benzene rings is 2. The van der Waals surface area contributed by atoms with Gasteiger partial charge in [-0.1, -0.05) is 42.5 Å². The van der Waals surface area contributed by atoms with Gasteiger partial charge in [-0.25, -0.2) is 9.78 Å². The molecule has 1 aliphatic carbocycles. The van der Waals surface area contributed by atoms with E-state index in [9.17, 15) is 9.59 Å². The highest BCUT2D eigenvalue weighted by molar-refractivity contribution is 5.92. The van der Waals surface area contributed by atoms with Crippen LogP contribution in [0.2, 0.25) is 0 Å². The molecule has 1 aliphatic rings. The molecular formula is C27H29NO6. The summed E-state index contributed by atoms with van der Waals surface area (Å²) in [6.07, 6.45) is 4.13. The Morgan fingerprint density at radius 2 is 1.79 bits per heavy atom. The quantitative estimate of drug-likeness (QED) is 0.451. The van der Waals surface area contributed by atoms with Gasteiger partial charge >= 0.3 is 11.9 Å². The van der Waals surface area contributed by atoms with Crippen LogP contribution in [0.3, 0.4) is 0 Å². The Morgan fingerprint density at radius 3 is 2.53 bits per heavy atom. The number of nitrogens with zero attached hydrogens (tertiary/aromatic N) is 1. The molecule has 0 aliphatic heterocycles. The molecule has 0 spiro atoms. The van der Waals surface area contributed by atoms with Gasteiger partial charge in [-0.2, -0.15) is 0 Å². The third-order valence-electron chi connectivity index (χ3n) is 6.50. The van der Waals surface area contributed by atoms with Gasteiger partial charge in [0.25, 0.3) is 0 Å². The lowest BCUT2D eigenvalue weighted by atomic mass is 9.74. The van der Waals surface area contributed by atoms with E-state index in [1.807, 2.05) is 37.3 Å². The van der Waals surface area contributed by atoms with Crippen LogP contribution < -0.4 is 9.47 Å². The van der Waals surface area contributed by atoms with Gasteiger partial charge in [-0.05, 0) is 48.9 Å². The zero-order valence-corrected chi connectivity index (χ0v) is 19.7. The maximum absolute atomic E-state index is 13.0. The van der Waals surface area contributed by atoms with Crippen molar-refractivity contribution < 1.29 is 28.5 Å². The lowest BCUT2D eigenvalue weighted by Gasteiger charge is -2.35. The molecule has 4 rings (SSSR count). The number of aromatic nitrogens is 1. The molecule has 0 N–H and O–H groups in total. The fraction of sp³-hybridized carbons (Fsp3) is 0.370. The van der Waals surface area contributed by atoms with E-state index in [-0.39, 0.29) is 30.1 Å². The van der Waals surface area contributed by atoms with Gasteiger partial charge < -0.3 is 18.9 Å². The predicted octanol–water partition coefficient (Wildman–Crippen LogP) is 5.10. The number of ether oxygens (including phenoxy) is 4. The van der Waals surface area contributed by atoms with E-state index in [1.165, 1.54) is 20.4 Å². The van der Waals surface area contributed by atoms with E-state index in [1.54, 1.807) is 6.07 Å². The first kappa shape index (κ1) is 23.5. The smallest absolute Gasteiger partial charge is 0.343 e. The largest absolute Gasteiger partial charge is 0.489 e. The van der Waals surface area contributed by atoms with Gasteiger partial charge in [0.15, 0.2) is 0 Å². The summed E-state index contributed by atoms with van der Waals surface area (Å²) in [5.41, 5.74) is 0.653. The second-order valence-electron chi connectivity index (χ2n) is 8.81. The summed E-state index contributed by atoms with van der Waals surface area (Å²) in [5.74, 6) is -0.0735. The fourth-order valence-electron chi connectivity index (χ4n) is 4.40. The van der Waals surface area contributed by atoms with Crippen LogP contribution in [0.4, 0.5) is 0 Å². The molecule has 0 bridgehead atoms. The third kappa shape index (κ3) is 4.98. The first-order valence-corrected chi connectivity index (χ1v) is 11.4. The molecule has 0 saturated heterocycles. The van der Waals surface area contributed by atoms with Crippen molar-refractivity contribution in [1.29, 1.82) is 0 Å². The molecule has 0 amide bonds. The van der Waals surface area contributed by atoms with Gasteiger partial charge in [0, 0.05) is 6.07 Å². The Hall–Kier alpha value is -3.61. The van der Waals surface area contributed by atoms with E-state index < -0.39 is 11.4 Å². The molecule has 1 saturated carbocycles. The summed E-state index contributed by atoms with van der Waals surface area (Å²) in [5, 5.41) is 2.22. The summed E-state index contributed by atoms with van der Waals surface area (Å²) >= 11 is 0. The van der Waals surface area contributed by atoms with Gasteiger partial charge in [0.1, 0.15) is 17.9 Å². The summed E-state index contributed by atoms with van der Waals surface area (Å²) in [6, 6.07) is 15.7. The molecule has 7 nitrogen and oxygen atoms in total. The standard InChI is InChI=1S/C27H29NO6/c1-27(26(30)33-17-19-9-6-8-18-7-4-5-10-22(18)19)13-11-20(12-14-27)34-21-15-23(25(29)32-3)24(31-2)28-16-21/h4-10,15-16,20H,11-14,17H2,1-3H3. The van der Waals surface area contributed by atoms with Crippen molar-refractivity contribution >= 4 is 22.7 Å². The highest BCUT2D eigenvalue weighted by Crippen LogP contribution is 2.39. The number of carbonyl (C=O) groups is 2. The topological polar surface area (TPSA) is 84.0 Å². The van der Waals surface area contributed by atoms with Gasteiger partial charge in [0.05, 0.1) is 31.9 Å². The van der Waals surface area contributed by atoms with Crippen LogP contribution in [0.15, 0.2) is 54.7 Å². The molecule has 0 atom stereocenters. The Bertz CT molecular complexity index is 1180. The maximum Gasteiger partial charge on any atom is 0.343 e. The highest BCUT2D eigenvalue weighted by atomic mass is 16.5. The molecular weight excluding hydrogens is 434 g/mol. The van der Waals surface area contributed by atoms with Crippen LogP contribution in [0.5, 0.6) is 11.6 Å². The lowest BCUT2D eigenvalue weighted by Crippen LogP contribution is -2.37. The number of fused-ring (bicyclic) bond motifs is 1. The molecule has 34 heavy (non-hydrogen) atoms. The van der Waals surface area contributed by atoms with Crippen LogP contribution in [-0.2, 0) is 20.9 Å². The first-order valence-electron chi connectivity index (χ1n) is 11.4. The Morgan fingerprint density at radius 1 is 1.06 bits per heavy atom. The minimum atomic E-state index is -0.556. The first-order chi connectivity index (χ1) is 16.4. The normalized spacial score (nSPS) is 19.9. The Balaban J connectivity index is 1.35. The molecule has 1 aromatic heterocycles. The second-order valence-corrected chi connectivity index (χ2v) is 8.81. The fourth-order valence-corrected chi connectivity index (χ4v) is 4.40. The van der Waals surface area contributed by atoms with Crippen LogP contribution in [-0.4, -0.2) is 37.2 Å². The third-order valence-corrected chi connectivity index (χ3v) is 6.50. The monoisotopic (exact) mass is 463 g/mol. The SMILES string of the molecule is COC(=O)c1cc(OC2CCC(C)(C(=O)OCc3cccc4ccccc34)CC2)cnc1OC. The molecule has 0 radical (unpaired) electrons. The van der Waals surface area contributed by atoms with Gasteiger partial charge in [-0.15, -0.1) is 0 Å². The number of carbonyl (C=O) groups excluding carboxylic acids is 2. The Kier molecular flexibility index (Phi) is 7.01. The minimum absolute atomic E-state index is 0.0837. The number of esters is 2. The average Bonchev–Trinajstić information content (AvgIpc) is 2.88. The van der Waals surface area contributed by atoms with E-state index in [0.29, 0.717) is 31.4 Å². The molecule has 1 fully saturated rings. The minimum Gasteiger partial charge on any atom is -0.489 e. The van der Waals surface area contributed by atoms with Crippen LogP contribution in [0.1, 0.15) is 48.5 Å². The van der Waals surface area contributed by atoms with Crippen LogP contribution in [0.25, 0.3) is 10.8 Å². The van der Waals surface area contributed by atoms with Crippen molar-refractivity contribution in [2.75, 3.05) is 14.2 Å². The predicted molar refractivity (Wildman–Crippen MR) is 127 cm³/mol. The molecule has 7 heteroatoms. The van der Waals surface area contributed by atoms with Crippen molar-refractivity contribution in [3.63, 3.8) is 0 Å². The molecule has 178 valence electrons. The number of methoxy groups -OCH3 is 2. The lowest BCUT2D eigenvalue weighted by molar-refractivity contribution is -0.159. The van der Waals surface area contributed by atoms with Crippen LogP contribution in [0, 0.1) is 5.41 Å². The summed E-state index contributed by atoms with van der Waals surface area (Å²) in [4.78, 5) is 29.1. The number of hydrogen-bond acceptors (Lipinski definition) is 7. The van der Waals surface area contributed by atoms with Crippen molar-refractivity contribution in [3.05, 3.63) is 65.9 Å². The summed E-state index contributed by atoms with van der Waals surface area (Å²) in [6.45, 7) is 2.21. The number of pyridine rings is 1. The van der Waals surface area contributed by atoms with E-state index >= 15 is 0 Å². The maximum atomic E-state index is 13.0. The summed E-state index contributed by atoms with van der Waals surface area (Å²) < 4.78 is 21.7. The zero-order valence-electron chi connectivity index (χ0n) is 19.7. The number of hydrogen-bond donors (Lipinski definition) is 0. The van der Waals surface area contributed by atoms with Gasteiger partial charge in [0.2, 0.25) is 5.88 Å². The van der Waals surface area contributed by atoms with E-state index in [0.717, 1.165) is 16.3 Å². The Labute approximate surface area is 199 Å². The molecule has 0 unspecified atom stereocenters. The second kappa shape index (κ2) is 10.1. The zero-order chi connectivity index (χ0) is 24.1. The van der Waals surface area contributed by atoms with E-state index in [2.05, 4.69) is 17.1 Å². The molecule has 1 heterocycles. The average molecular weight is 464 g/mol. The number of rotatable bonds is 7. The van der Waals surface area contributed by atoms with Crippen molar-refractivity contribution in [3.8, 4) is 11.6 Å². The van der Waals surface area contributed by atoms with Crippen LogP contribution >= 0.6 is 0 Å².